The van der Waals surface area contributed by atoms with Crippen molar-refractivity contribution in [2.24, 2.45) is 10.7 Å². The lowest BCUT2D eigenvalue weighted by molar-refractivity contribution is -0.137. The molecule has 0 unspecified atom stereocenters. The zero-order chi connectivity index (χ0) is 16.3. The minimum absolute atomic E-state index is 0.0262. The molecule has 0 bridgehead atoms. The highest BCUT2D eigenvalue weighted by Crippen LogP contribution is 2.35. The molecule has 0 amide bonds. The van der Waals surface area contributed by atoms with Gasteiger partial charge in [-0.3, -0.25) is 0 Å². The number of aryl methyl sites for hydroxylation is 1. The molecule has 0 saturated heterocycles. The molecule has 3 N–H and O–H groups in total. The molecule has 118 valence electrons. The van der Waals surface area contributed by atoms with Crippen LogP contribution >= 0.6 is 22.9 Å². The van der Waals surface area contributed by atoms with E-state index in [1.165, 1.54) is 23.5 Å². The van der Waals surface area contributed by atoms with Crippen molar-refractivity contribution in [3.8, 4) is 0 Å². The smallest absolute Gasteiger partial charge is 0.369 e. The van der Waals surface area contributed by atoms with Crippen molar-refractivity contribution in [1.29, 1.82) is 0 Å². The van der Waals surface area contributed by atoms with Crippen LogP contribution in [0.4, 0.5) is 24.5 Å². The molecular formula is C14H13ClF3N3S. The first-order chi connectivity index (χ1) is 10.3. The lowest BCUT2D eigenvalue weighted by Crippen LogP contribution is -2.22. The third kappa shape index (κ3) is 4.14. The van der Waals surface area contributed by atoms with Crippen molar-refractivity contribution in [2.75, 3.05) is 5.32 Å². The number of anilines is 1. The van der Waals surface area contributed by atoms with Gasteiger partial charge < -0.3 is 11.1 Å². The summed E-state index contributed by atoms with van der Waals surface area (Å²) in [7, 11) is 0. The van der Waals surface area contributed by atoms with Gasteiger partial charge in [0.1, 0.15) is 4.34 Å². The molecule has 2 aromatic rings. The standard InChI is InChI=1S/C14H13ClF3N3S/c1-2-10-7-11(12(15)22-10)21-13(19)20-9-5-3-4-8(6-9)14(16,17)18/h3-7H,2H2,1H3,(H3,19,20,21). The number of nitrogens with zero attached hydrogens (tertiary/aromatic N) is 1. The molecule has 1 heterocycles. The molecule has 0 fully saturated rings. The summed E-state index contributed by atoms with van der Waals surface area (Å²) in [5.41, 5.74) is 5.67. The Balaban J connectivity index is 2.19. The van der Waals surface area contributed by atoms with Crippen LogP contribution in [0.5, 0.6) is 0 Å². The summed E-state index contributed by atoms with van der Waals surface area (Å²) in [5, 5.41) is 2.63. The van der Waals surface area contributed by atoms with E-state index in [-0.39, 0.29) is 11.6 Å². The van der Waals surface area contributed by atoms with Gasteiger partial charge in [-0.1, -0.05) is 24.6 Å². The monoisotopic (exact) mass is 347 g/mol. The quantitative estimate of drug-likeness (QED) is 0.603. The predicted octanol–water partition coefficient (Wildman–Crippen LogP) is 5.04. The van der Waals surface area contributed by atoms with E-state index in [9.17, 15) is 13.2 Å². The molecule has 1 aromatic carbocycles. The molecule has 8 heteroatoms. The largest absolute Gasteiger partial charge is 0.416 e. The lowest BCUT2D eigenvalue weighted by atomic mass is 10.2. The SMILES string of the molecule is CCc1cc(N=C(N)Nc2cccc(C(F)(F)F)c2)c(Cl)s1. The molecule has 2 rings (SSSR count). The van der Waals surface area contributed by atoms with Crippen molar-refractivity contribution >= 4 is 40.3 Å². The van der Waals surface area contributed by atoms with E-state index < -0.39 is 11.7 Å². The number of nitrogens with one attached hydrogen (secondary N) is 1. The van der Waals surface area contributed by atoms with Crippen LogP contribution in [0.15, 0.2) is 35.3 Å². The molecule has 0 atom stereocenters. The van der Waals surface area contributed by atoms with Crippen LogP contribution in [0.25, 0.3) is 0 Å². The van der Waals surface area contributed by atoms with Crippen molar-refractivity contribution < 1.29 is 13.2 Å². The Morgan fingerprint density at radius 1 is 1.36 bits per heavy atom. The third-order valence-electron chi connectivity index (χ3n) is 2.77. The summed E-state index contributed by atoms with van der Waals surface area (Å²) in [5.74, 6) is -0.0262. The molecule has 0 spiro atoms. The number of benzene rings is 1. The Morgan fingerprint density at radius 2 is 2.09 bits per heavy atom. The third-order valence-corrected chi connectivity index (χ3v) is 4.25. The fourth-order valence-corrected chi connectivity index (χ4v) is 2.88. The van der Waals surface area contributed by atoms with Gasteiger partial charge in [0.05, 0.1) is 11.3 Å². The summed E-state index contributed by atoms with van der Waals surface area (Å²) in [6.07, 6.45) is -3.59. The Kier molecular flexibility index (Phi) is 4.97. The summed E-state index contributed by atoms with van der Waals surface area (Å²) in [6.45, 7) is 1.99. The minimum atomic E-state index is -4.41. The maximum Gasteiger partial charge on any atom is 0.416 e. The van der Waals surface area contributed by atoms with E-state index in [1.807, 2.05) is 6.92 Å². The second-order valence-corrected chi connectivity index (χ2v) is 6.16. The van der Waals surface area contributed by atoms with Gasteiger partial charge in [-0.05, 0) is 30.7 Å². The van der Waals surface area contributed by atoms with Crippen LogP contribution in [0.1, 0.15) is 17.4 Å². The highest BCUT2D eigenvalue weighted by atomic mass is 35.5. The van der Waals surface area contributed by atoms with E-state index in [0.717, 1.165) is 23.4 Å². The highest BCUT2D eigenvalue weighted by Gasteiger charge is 2.30. The molecule has 1 aromatic heterocycles. The van der Waals surface area contributed by atoms with Crippen LogP contribution in [-0.4, -0.2) is 5.96 Å². The molecular weight excluding hydrogens is 335 g/mol. The van der Waals surface area contributed by atoms with Crippen LogP contribution in [-0.2, 0) is 12.6 Å². The minimum Gasteiger partial charge on any atom is -0.369 e. The summed E-state index contributed by atoms with van der Waals surface area (Å²) < 4.78 is 38.4. The maximum absolute atomic E-state index is 12.6. The van der Waals surface area contributed by atoms with Crippen LogP contribution in [0.2, 0.25) is 4.34 Å². The molecule has 0 aliphatic carbocycles. The lowest BCUT2D eigenvalue weighted by Gasteiger charge is -2.10. The molecule has 0 radical (unpaired) electrons. The van der Waals surface area contributed by atoms with E-state index >= 15 is 0 Å². The molecule has 3 nitrogen and oxygen atoms in total. The van der Waals surface area contributed by atoms with E-state index in [0.29, 0.717) is 10.0 Å². The molecule has 0 aliphatic rings. The number of hydrogen-bond acceptors (Lipinski definition) is 2. The highest BCUT2D eigenvalue weighted by molar-refractivity contribution is 7.16. The number of nitrogens with two attached hydrogens (primary N) is 1. The van der Waals surface area contributed by atoms with Crippen molar-refractivity contribution in [3.63, 3.8) is 0 Å². The second-order valence-electron chi connectivity index (χ2n) is 4.43. The number of hydrogen-bond donors (Lipinski definition) is 2. The predicted molar refractivity (Wildman–Crippen MR) is 85.1 cm³/mol. The van der Waals surface area contributed by atoms with Gasteiger partial charge in [0.2, 0.25) is 0 Å². The Hall–Kier alpha value is -1.73. The number of rotatable bonds is 3. The Labute approximate surface area is 134 Å². The van der Waals surface area contributed by atoms with E-state index in [4.69, 9.17) is 17.3 Å². The van der Waals surface area contributed by atoms with Gasteiger partial charge in [0, 0.05) is 10.6 Å². The van der Waals surface area contributed by atoms with Gasteiger partial charge >= 0.3 is 6.18 Å². The van der Waals surface area contributed by atoms with E-state index in [1.54, 1.807) is 6.07 Å². The number of thiophene rings is 1. The first-order valence-electron chi connectivity index (χ1n) is 6.36. The van der Waals surface area contributed by atoms with Crippen LogP contribution < -0.4 is 11.1 Å². The Morgan fingerprint density at radius 3 is 2.68 bits per heavy atom. The Bertz CT molecular complexity index is 695. The van der Waals surface area contributed by atoms with Gasteiger partial charge in [-0.25, -0.2) is 4.99 Å². The summed E-state index contributed by atoms with van der Waals surface area (Å²) in [4.78, 5) is 5.15. The first-order valence-corrected chi connectivity index (χ1v) is 7.55. The number of aliphatic imine (C=N–C) groups is 1. The fourth-order valence-electron chi connectivity index (χ4n) is 1.74. The molecule has 22 heavy (non-hydrogen) atoms. The molecule has 0 saturated carbocycles. The van der Waals surface area contributed by atoms with Crippen molar-refractivity contribution in [3.05, 3.63) is 45.1 Å². The van der Waals surface area contributed by atoms with Crippen molar-refractivity contribution in [2.45, 2.75) is 19.5 Å². The fraction of sp³-hybridized carbons (Fsp3) is 0.214. The van der Waals surface area contributed by atoms with E-state index in [2.05, 4.69) is 10.3 Å². The van der Waals surface area contributed by atoms with Crippen molar-refractivity contribution in [1.82, 2.24) is 0 Å². The first kappa shape index (κ1) is 16.6. The van der Waals surface area contributed by atoms with Crippen LogP contribution in [0, 0.1) is 0 Å². The van der Waals surface area contributed by atoms with Gasteiger partial charge in [0.25, 0.3) is 0 Å². The van der Waals surface area contributed by atoms with Gasteiger partial charge in [0.15, 0.2) is 5.96 Å². The summed E-state index contributed by atoms with van der Waals surface area (Å²) >= 11 is 7.43. The zero-order valence-electron chi connectivity index (χ0n) is 11.5. The summed E-state index contributed by atoms with van der Waals surface area (Å²) in [6, 6.07) is 6.53. The second kappa shape index (κ2) is 6.58. The van der Waals surface area contributed by atoms with Gasteiger partial charge in [-0.15, -0.1) is 11.3 Å². The number of halogens is 4. The molecule has 0 aliphatic heterocycles. The normalized spacial score (nSPS) is 12.5. The van der Waals surface area contributed by atoms with Gasteiger partial charge in [-0.2, -0.15) is 13.2 Å². The number of alkyl halides is 3. The zero-order valence-corrected chi connectivity index (χ0v) is 13.1. The average molecular weight is 348 g/mol. The maximum atomic E-state index is 12.6. The number of guanidine groups is 1. The average Bonchev–Trinajstić information content (AvgIpc) is 2.78. The van der Waals surface area contributed by atoms with Crippen LogP contribution in [0.3, 0.4) is 0 Å². The topological polar surface area (TPSA) is 50.4 Å².